The van der Waals surface area contributed by atoms with Gasteiger partial charge in [0.2, 0.25) is 0 Å². The zero-order valence-electron chi connectivity index (χ0n) is 11.5. The first-order valence-electron chi connectivity index (χ1n) is 6.05. The Kier molecular flexibility index (Phi) is 3.38. The number of carbonyl (C=O) groups is 1. The van der Waals surface area contributed by atoms with E-state index in [1.54, 1.807) is 16.7 Å². The summed E-state index contributed by atoms with van der Waals surface area (Å²) in [6, 6.07) is 3.35. The maximum absolute atomic E-state index is 12.3. The summed E-state index contributed by atoms with van der Waals surface area (Å²) in [5.74, 6) is 0.467. The standard InChI is InChI=1S/C14H16N2O3/c1-8-5-6-12(10(3)17)14(18)16(8)7-13-9(2)15-19-11(13)4/h5-6H,7H2,1-4H3. The molecule has 0 radical (unpaired) electrons. The molecule has 2 heterocycles. The fraction of sp³-hybridized carbons (Fsp3) is 0.357. The zero-order chi connectivity index (χ0) is 14.2. The summed E-state index contributed by atoms with van der Waals surface area (Å²) in [6.07, 6.45) is 0. The first kappa shape index (κ1) is 13.3. The molecule has 0 aliphatic rings. The summed E-state index contributed by atoms with van der Waals surface area (Å²) in [7, 11) is 0. The fourth-order valence-corrected chi connectivity index (χ4v) is 2.02. The molecule has 0 saturated carbocycles. The van der Waals surface area contributed by atoms with Gasteiger partial charge in [-0.05, 0) is 39.8 Å². The molecule has 100 valence electrons. The second-order valence-corrected chi connectivity index (χ2v) is 4.64. The number of aromatic nitrogens is 2. The Hall–Kier alpha value is -2.17. The van der Waals surface area contributed by atoms with E-state index >= 15 is 0 Å². The number of carbonyl (C=O) groups excluding carboxylic acids is 1. The molecule has 2 aromatic heterocycles. The number of hydrogen-bond donors (Lipinski definition) is 0. The topological polar surface area (TPSA) is 65.1 Å². The van der Waals surface area contributed by atoms with Crippen LogP contribution < -0.4 is 5.56 Å². The third-order valence-electron chi connectivity index (χ3n) is 3.27. The molecule has 0 spiro atoms. The van der Waals surface area contributed by atoms with Gasteiger partial charge in [-0.15, -0.1) is 0 Å². The van der Waals surface area contributed by atoms with Crippen molar-refractivity contribution in [3.63, 3.8) is 0 Å². The van der Waals surface area contributed by atoms with Crippen LogP contribution >= 0.6 is 0 Å². The highest BCUT2D eigenvalue weighted by Crippen LogP contribution is 2.14. The summed E-state index contributed by atoms with van der Waals surface area (Å²) < 4.78 is 6.67. The number of hydrogen-bond acceptors (Lipinski definition) is 4. The largest absolute Gasteiger partial charge is 0.361 e. The highest BCUT2D eigenvalue weighted by Gasteiger charge is 2.14. The van der Waals surface area contributed by atoms with Crippen molar-refractivity contribution < 1.29 is 9.32 Å². The Morgan fingerprint density at radius 1 is 1.32 bits per heavy atom. The Labute approximate surface area is 110 Å². The van der Waals surface area contributed by atoms with Gasteiger partial charge in [0.05, 0.1) is 17.8 Å². The van der Waals surface area contributed by atoms with Crippen LogP contribution in [0.4, 0.5) is 0 Å². The Morgan fingerprint density at radius 2 is 2.00 bits per heavy atom. The minimum atomic E-state index is -0.271. The molecule has 0 bridgehead atoms. The molecule has 0 aliphatic carbocycles. The molecule has 0 saturated heterocycles. The summed E-state index contributed by atoms with van der Waals surface area (Å²) in [6.45, 7) is 7.24. The lowest BCUT2D eigenvalue weighted by molar-refractivity contribution is 0.101. The van der Waals surface area contributed by atoms with Crippen molar-refractivity contribution in [3.05, 3.63) is 50.8 Å². The molecule has 0 aromatic carbocycles. The van der Waals surface area contributed by atoms with E-state index in [-0.39, 0.29) is 16.9 Å². The Balaban J connectivity index is 2.55. The van der Waals surface area contributed by atoms with Crippen molar-refractivity contribution in [1.82, 2.24) is 9.72 Å². The van der Waals surface area contributed by atoms with Crippen molar-refractivity contribution >= 4 is 5.78 Å². The molecule has 0 unspecified atom stereocenters. The third-order valence-corrected chi connectivity index (χ3v) is 3.27. The average Bonchev–Trinajstić information content (AvgIpc) is 2.64. The number of aryl methyl sites for hydroxylation is 3. The minimum absolute atomic E-state index is 0.206. The van der Waals surface area contributed by atoms with Gasteiger partial charge in [-0.1, -0.05) is 5.16 Å². The summed E-state index contributed by atoms with van der Waals surface area (Å²) in [5, 5.41) is 3.87. The molecule has 0 N–H and O–H groups in total. The van der Waals surface area contributed by atoms with Crippen LogP contribution in [0.3, 0.4) is 0 Å². The molecule has 5 heteroatoms. The van der Waals surface area contributed by atoms with Crippen LogP contribution in [0.2, 0.25) is 0 Å². The van der Waals surface area contributed by atoms with Crippen LogP contribution in [-0.2, 0) is 6.54 Å². The highest BCUT2D eigenvalue weighted by atomic mass is 16.5. The van der Waals surface area contributed by atoms with Crippen LogP contribution in [-0.4, -0.2) is 15.5 Å². The van der Waals surface area contributed by atoms with E-state index in [9.17, 15) is 9.59 Å². The van der Waals surface area contributed by atoms with Crippen molar-refractivity contribution in [1.29, 1.82) is 0 Å². The summed E-state index contributed by atoms with van der Waals surface area (Å²) >= 11 is 0. The van der Waals surface area contributed by atoms with Crippen LogP contribution in [0, 0.1) is 20.8 Å². The van der Waals surface area contributed by atoms with Gasteiger partial charge in [0, 0.05) is 11.3 Å². The van der Waals surface area contributed by atoms with Crippen LogP contribution in [0.5, 0.6) is 0 Å². The summed E-state index contributed by atoms with van der Waals surface area (Å²) in [4.78, 5) is 23.7. The number of pyridine rings is 1. The molecule has 2 aromatic rings. The van der Waals surface area contributed by atoms with E-state index < -0.39 is 0 Å². The molecular formula is C14H16N2O3. The predicted molar refractivity (Wildman–Crippen MR) is 70.5 cm³/mol. The van der Waals surface area contributed by atoms with Gasteiger partial charge in [0.1, 0.15) is 5.76 Å². The minimum Gasteiger partial charge on any atom is -0.361 e. The van der Waals surface area contributed by atoms with E-state index in [0.29, 0.717) is 12.3 Å². The molecule has 19 heavy (non-hydrogen) atoms. The van der Waals surface area contributed by atoms with E-state index in [4.69, 9.17) is 4.52 Å². The quantitative estimate of drug-likeness (QED) is 0.792. The monoisotopic (exact) mass is 260 g/mol. The third kappa shape index (κ3) is 2.36. The Morgan fingerprint density at radius 3 is 2.53 bits per heavy atom. The predicted octanol–water partition coefficient (Wildman–Crippen LogP) is 2.01. The molecular weight excluding hydrogens is 244 g/mol. The summed E-state index contributed by atoms with van der Waals surface area (Å²) in [5.41, 5.74) is 2.38. The van der Waals surface area contributed by atoms with Crippen molar-refractivity contribution in [2.24, 2.45) is 0 Å². The lowest BCUT2D eigenvalue weighted by Gasteiger charge is -2.10. The zero-order valence-corrected chi connectivity index (χ0v) is 11.5. The maximum Gasteiger partial charge on any atom is 0.261 e. The van der Waals surface area contributed by atoms with Crippen LogP contribution in [0.1, 0.15) is 40.0 Å². The molecule has 0 fully saturated rings. The number of ketones is 1. The first-order chi connectivity index (χ1) is 8.91. The van der Waals surface area contributed by atoms with Crippen LogP contribution in [0.15, 0.2) is 21.5 Å². The second-order valence-electron chi connectivity index (χ2n) is 4.64. The lowest BCUT2D eigenvalue weighted by Crippen LogP contribution is -2.27. The van der Waals surface area contributed by atoms with Crippen LogP contribution in [0.25, 0.3) is 0 Å². The second kappa shape index (κ2) is 4.84. The van der Waals surface area contributed by atoms with Crippen molar-refractivity contribution in [2.75, 3.05) is 0 Å². The van der Waals surface area contributed by atoms with Gasteiger partial charge in [0.15, 0.2) is 5.78 Å². The number of nitrogens with zero attached hydrogens (tertiary/aromatic N) is 2. The molecule has 0 aliphatic heterocycles. The maximum atomic E-state index is 12.3. The molecule has 2 rings (SSSR count). The molecule has 0 amide bonds. The molecule has 5 nitrogen and oxygen atoms in total. The normalized spacial score (nSPS) is 10.7. The first-order valence-corrected chi connectivity index (χ1v) is 6.05. The highest BCUT2D eigenvalue weighted by molar-refractivity contribution is 5.93. The fourth-order valence-electron chi connectivity index (χ4n) is 2.02. The number of rotatable bonds is 3. The van der Waals surface area contributed by atoms with Crippen molar-refractivity contribution in [2.45, 2.75) is 34.2 Å². The SMILES string of the molecule is CC(=O)c1ccc(C)n(Cc2c(C)noc2C)c1=O. The number of Topliss-reactive ketones (excluding diaryl/α,β-unsaturated/α-hetero) is 1. The Bertz CT molecular complexity index is 676. The van der Waals surface area contributed by atoms with E-state index in [1.807, 2.05) is 20.8 Å². The van der Waals surface area contributed by atoms with E-state index in [1.165, 1.54) is 6.92 Å². The van der Waals surface area contributed by atoms with Gasteiger partial charge < -0.3 is 9.09 Å². The van der Waals surface area contributed by atoms with Gasteiger partial charge in [-0.2, -0.15) is 0 Å². The average molecular weight is 260 g/mol. The lowest BCUT2D eigenvalue weighted by atomic mass is 10.1. The van der Waals surface area contributed by atoms with Gasteiger partial charge in [-0.25, -0.2) is 0 Å². The van der Waals surface area contributed by atoms with Gasteiger partial charge in [-0.3, -0.25) is 9.59 Å². The van der Waals surface area contributed by atoms with Crippen molar-refractivity contribution in [3.8, 4) is 0 Å². The van der Waals surface area contributed by atoms with Gasteiger partial charge in [0.25, 0.3) is 5.56 Å². The molecule has 0 atom stereocenters. The van der Waals surface area contributed by atoms with E-state index in [2.05, 4.69) is 5.16 Å². The smallest absolute Gasteiger partial charge is 0.261 e. The van der Waals surface area contributed by atoms with Gasteiger partial charge >= 0.3 is 0 Å². The van der Waals surface area contributed by atoms with E-state index in [0.717, 1.165) is 17.0 Å².